The van der Waals surface area contributed by atoms with Gasteiger partial charge in [0.15, 0.2) is 5.13 Å². The molecule has 0 aliphatic rings. The molecule has 35 heavy (non-hydrogen) atoms. The number of rotatable bonds is 8. The second-order valence-electron chi connectivity index (χ2n) is 8.01. The second kappa shape index (κ2) is 10.6. The maximum Gasteiger partial charge on any atom is 0.311 e. The highest BCUT2D eigenvalue weighted by molar-refractivity contribution is 7.14. The van der Waals surface area contributed by atoms with Gasteiger partial charge in [-0.1, -0.05) is 29.8 Å². The lowest BCUT2D eigenvalue weighted by Gasteiger charge is -2.10. The number of amides is 1. The summed E-state index contributed by atoms with van der Waals surface area (Å²) in [6.45, 7) is 5.97. The standard InChI is InChI=1S/C27H26N2O5S/c1-5-33-26(31)11-19-15-35-27(28-19)29-25(30)10-17(3)20-12-21-22(18-8-6-16(2)7-9-18)14-34-24(21)13-23(20)32-4/h6-10,12-15H,5,11H2,1-4H3,(H,28,29,30)/b17-10+. The molecule has 0 radical (unpaired) electrons. The van der Waals surface area contributed by atoms with Crippen molar-refractivity contribution in [3.05, 3.63) is 70.9 Å². The number of thiazole rings is 1. The van der Waals surface area contributed by atoms with Crippen LogP contribution in [0.3, 0.4) is 0 Å². The third-order valence-electron chi connectivity index (χ3n) is 5.44. The number of allylic oxidation sites excluding steroid dienone is 1. The zero-order valence-corrected chi connectivity index (χ0v) is 20.8. The Morgan fingerprint density at radius 1 is 1.20 bits per heavy atom. The molecule has 0 saturated heterocycles. The number of carbonyl (C=O) groups is 2. The molecule has 4 aromatic rings. The van der Waals surface area contributed by atoms with Crippen molar-refractivity contribution >= 4 is 44.9 Å². The number of carbonyl (C=O) groups excluding carboxylic acids is 2. The first-order valence-corrected chi connectivity index (χ1v) is 12.0. The Morgan fingerprint density at radius 2 is 1.97 bits per heavy atom. The zero-order chi connectivity index (χ0) is 24.9. The lowest BCUT2D eigenvalue weighted by molar-refractivity contribution is -0.142. The van der Waals surface area contributed by atoms with Gasteiger partial charge < -0.3 is 13.9 Å². The van der Waals surface area contributed by atoms with Crippen LogP contribution in [0.4, 0.5) is 5.13 Å². The molecule has 2 aromatic carbocycles. The van der Waals surface area contributed by atoms with Crippen LogP contribution >= 0.6 is 11.3 Å². The first kappa shape index (κ1) is 24.2. The van der Waals surface area contributed by atoms with E-state index in [1.54, 1.807) is 25.7 Å². The highest BCUT2D eigenvalue weighted by Gasteiger charge is 2.16. The minimum atomic E-state index is -0.349. The summed E-state index contributed by atoms with van der Waals surface area (Å²) in [5.41, 5.74) is 5.97. The number of hydrogen-bond donors (Lipinski definition) is 1. The van der Waals surface area contributed by atoms with Crippen molar-refractivity contribution < 1.29 is 23.5 Å². The first-order valence-electron chi connectivity index (χ1n) is 11.1. The highest BCUT2D eigenvalue weighted by atomic mass is 32.1. The summed E-state index contributed by atoms with van der Waals surface area (Å²) >= 11 is 1.25. The minimum absolute atomic E-state index is 0.0697. The smallest absolute Gasteiger partial charge is 0.311 e. The summed E-state index contributed by atoms with van der Waals surface area (Å²) in [5, 5.41) is 5.83. The van der Waals surface area contributed by atoms with Crippen molar-refractivity contribution in [3.63, 3.8) is 0 Å². The molecule has 1 amide bonds. The molecule has 0 aliphatic heterocycles. The average molecular weight is 491 g/mol. The summed E-state index contributed by atoms with van der Waals surface area (Å²) in [4.78, 5) is 28.6. The fourth-order valence-electron chi connectivity index (χ4n) is 3.71. The van der Waals surface area contributed by atoms with Gasteiger partial charge in [0.25, 0.3) is 0 Å². The van der Waals surface area contributed by atoms with E-state index in [4.69, 9.17) is 13.9 Å². The molecule has 0 saturated carbocycles. The van der Waals surface area contributed by atoms with Crippen LogP contribution in [0.25, 0.3) is 27.7 Å². The monoisotopic (exact) mass is 490 g/mol. The van der Waals surface area contributed by atoms with Crippen molar-refractivity contribution in [1.82, 2.24) is 4.98 Å². The van der Waals surface area contributed by atoms with Crippen LogP contribution in [0.15, 0.2) is 58.5 Å². The highest BCUT2D eigenvalue weighted by Crippen LogP contribution is 2.37. The number of nitrogens with zero attached hydrogens (tertiary/aromatic N) is 1. The number of methoxy groups -OCH3 is 1. The van der Waals surface area contributed by atoms with E-state index in [0.29, 0.717) is 28.8 Å². The van der Waals surface area contributed by atoms with Gasteiger partial charge in [-0.25, -0.2) is 4.98 Å². The van der Waals surface area contributed by atoms with Crippen molar-refractivity contribution in [2.45, 2.75) is 27.2 Å². The van der Waals surface area contributed by atoms with Crippen molar-refractivity contribution in [2.75, 3.05) is 19.0 Å². The molecule has 2 aromatic heterocycles. The van der Waals surface area contributed by atoms with E-state index in [0.717, 1.165) is 27.6 Å². The first-order chi connectivity index (χ1) is 16.9. The quantitative estimate of drug-likeness (QED) is 0.240. The van der Waals surface area contributed by atoms with Crippen LogP contribution in [0, 0.1) is 6.92 Å². The second-order valence-corrected chi connectivity index (χ2v) is 8.86. The van der Waals surface area contributed by atoms with Crippen molar-refractivity contribution in [3.8, 4) is 16.9 Å². The van der Waals surface area contributed by atoms with Gasteiger partial charge >= 0.3 is 5.97 Å². The number of ether oxygens (including phenoxy) is 2. The number of esters is 1. The Hall–Kier alpha value is -3.91. The fourth-order valence-corrected chi connectivity index (χ4v) is 4.42. The molecule has 7 nitrogen and oxygen atoms in total. The van der Waals surface area contributed by atoms with Gasteiger partial charge in [-0.05, 0) is 38.0 Å². The number of nitrogens with one attached hydrogen (secondary N) is 1. The fraction of sp³-hybridized carbons (Fsp3) is 0.222. The molecule has 0 fully saturated rings. The number of fused-ring (bicyclic) bond motifs is 1. The average Bonchev–Trinajstić information content (AvgIpc) is 3.44. The summed E-state index contributed by atoms with van der Waals surface area (Å²) in [6, 6.07) is 12.1. The van der Waals surface area contributed by atoms with Crippen molar-refractivity contribution in [2.24, 2.45) is 0 Å². The number of anilines is 1. The number of benzene rings is 2. The predicted molar refractivity (Wildman–Crippen MR) is 138 cm³/mol. The van der Waals surface area contributed by atoms with Crippen LogP contribution in [0.2, 0.25) is 0 Å². The minimum Gasteiger partial charge on any atom is -0.496 e. The molecular formula is C27H26N2O5S. The third-order valence-corrected chi connectivity index (χ3v) is 6.25. The predicted octanol–water partition coefficient (Wildman–Crippen LogP) is 6.02. The molecule has 1 N–H and O–H groups in total. The number of aromatic nitrogens is 1. The summed E-state index contributed by atoms with van der Waals surface area (Å²) in [7, 11) is 1.59. The number of furan rings is 1. The van der Waals surface area contributed by atoms with E-state index in [9.17, 15) is 9.59 Å². The molecule has 0 spiro atoms. The van der Waals surface area contributed by atoms with E-state index in [1.807, 2.05) is 26.0 Å². The number of aryl methyl sites for hydroxylation is 1. The summed E-state index contributed by atoms with van der Waals surface area (Å²) in [6.07, 6.45) is 3.31. The van der Waals surface area contributed by atoms with Gasteiger partial charge in [-0.15, -0.1) is 11.3 Å². The van der Waals surface area contributed by atoms with Crippen LogP contribution in [-0.2, 0) is 20.7 Å². The molecular weight excluding hydrogens is 464 g/mol. The Labute approximate surface area is 207 Å². The maximum atomic E-state index is 12.7. The lowest BCUT2D eigenvalue weighted by atomic mass is 9.99. The molecule has 0 unspecified atom stereocenters. The van der Waals surface area contributed by atoms with Gasteiger partial charge in [0.1, 0.15) is 11.3 Å². The molecule has 0 bridgehead atoms. The van der Waals surface area contributed by atoms with E-state index >= 15 is 0 Å². The molecule has 8 heteroatoms. The molecule has 180 valence electrons. The van der Waals surface area contributed by atoms with E-state index < -0.39 is 0 Å². The maximum absolute atomic E-state index is 12.7. The zero-order valence-electron chi connectivity index (χ0n) is 20.0. The number of hydrogen-bond acceptors (Lipinski definition) is 7. The van der Waals surface area contributed by atoms with Crippen molar-refractivity contribution in [1.29, 1.82) is 0 Å². The summed E-state index contributed by atoms with van der Waals surface area (Å²) in [5.74, 6) is -0.0689. The Balaban J connectivity index is 1.58. The largest absolute Gasteiger partial charge is 0.496 e. The van der Waals surface area contributed by atoms with Crippen LogP contribution < -0.4 is 10.1 Å². The summed E-state index contributed by atoms with van der Waals surface area (Å²) < 4.78 is 16.3. The SMILES string of the molecule is CCOC(=O)Cc1csc(NC(=O)/C=C(\C)c2cc3c(-c4ccc(C)cc4)coc3cc2OC)n1. The molecule has 4 rings (SSSR count). The third kappa shape index (κ3) is 5.60. The molecule has 0 atom stereocenters. The molecule has 0 aliphatic carbocycles. The van der Waals surface area contributed by atoms with E-state index in [1.165, 1.54) is 23.0 Å². The van der Waals surface area contributed by atoms with E-state index in [-0.39, 0.29) is 18.3 Å². The normalized spacial score (nSPS) is 11.5. The van der Waals surface area contributed by atoms with Gasteiger partial charge in [0.05, 0.1) is 32.1 Å². The van der Waals surface area contributed by atoms with Gasteiger partial charge in [-0.2, -0.15) is 0 Å². The Morgan fingerprint density at radius 3 is 2.69 bits per heavy atom. The van der Waals surface area contributed by atoms with Crippen LogP contribution in [0.1, 0.15) is 30.7 Å². The Bertz CT molecular complexity index is 1400. The topological polar surface area (TPSA) is 90.7 Å². The molecule has 2 heterocycles. The van der Waals surface area contributed by atoms with Gasteiger partial charge in [0.2, 0.25) is 5.91 Å². The van der Waals surface area contributed by atoms with Crippen LogP contribution in [0.5, 0.6) is 5.75 Å². The van der Waals surface area contributed by atoms with E-state index in [2.05, 4.69) is 34.6 Å². The lowest BCUT2D eigenvalue weighted by Crippen LogP contribution is -2.10. The Kier molecular flexibility index (Phi) is 7.31. The van der Waals surface area contributed by atoms with Crippen LogP contribution in [-0.4, -0.2) is 30.6 Å². The van der Waals surface area contributed by atoms with Gasteiger partial charge in [0, 0.05) is 34.0 Å². The van der Waals surface area contributed by atoms with Gasteiger partial charge in [-0.3, -0.25) is 14.9 Å².